The first-order valence-electron chi connectivity index (χ1n) is 9.81. The third-order valence-corrected chi connectivity index (χ3v) is 5.05. The quantitative estimate of drug-likeness (QED) is 0.587. The van der Waals surface area contributed by atoms with Crippen LogP contribution in [0.15, 0.2) is 48.5 Å². The summed E-state index contributed by atoms with van der Waals surface area (Å²) in [5.74, 6) is 1.66. The zero-order chi connectivity index (χ0) is 21.7. The molecule has 2 aromatic carbocycles. The van der Waals surface area contributed by atoms with Crippen LogP contribution in [0.25, 0.3) is 5.69 Å². The van der Waals surface area contributed by atoms with Crippen molar-refractivity contribution in [3.8, 4) is 22.9 Å². The summed E-state index contributed by atoms with van der Waals surface area (Å²) in [6, 6.07) is 15.8. The number of nitrogens with one attached hydrogen (secondary N) is 1. The van der Waals surface area contributed by atoms with Gasteiger partial charge in [0, 0.05) is 29.2 Å². The molecule has 6 nitrogen and oxygen atoms in total. The maximum Gasteiger partial charge on any atom is 0.224 e. The molecule has 0 aliphatic carbocycles. The second-order valence-corrected chi connectivity index (χ2v) is 7.08. The lowest BCUT2D eigenvalue weighted by molar-refractivity contribution is -0.116. The zero-order valence-corrected chi connectivity index (χ0v) is 18.1. The molecule has 1 amide bonds. The Morgan fingerprint density at radius 2 is 1.43 bits per heavy atom. The highest BCUT2D eigenvalue weighted by molar-refractivity contribution is 5.90. The molecule has 0 unspecified atom stereocenters. The van der Waals surface area contributed by atoms with Gasteiger partial charge in [-0.3, -0.25) is 4.79 Å². The van der Waals surface area contributed by atoms with E-state index in [1.54, 1.807) is 21.3 Å². The van der Waals surface area contributed by atoms with Crippen LogP contribution in [0.5, 0.6) is 17.2 Å². The van der Waals surface area contributed by atoms with Crippen molar-refractivity contribution in [2.24, 2.45) is 0 Å². The SMILES string of the molecule is COc1cc(CCC(=O)Nc2ccc(-n3c(C)ccc3C)cc2)cc(OC)c1OC. The van der Waals surface area contributed by atoms with Gasteiger partial charge >= 0.3 is 0 Å². The Morgan fingerprint density at radius 3 is 1.93 bits per heavy atom. The highest BCUT2D eigenvalue weighted by Gasteiger charge is 2.14. The van der Waals surface area contributed by atoms with E-state index >= 15 is 0 Å². The van der Waals surface area contributed by atoms with Gasteiger partial charge in [-0.25, -0.2) is 0 Å². The van der Waals surface area contributed by atoms with Gasteiger partial charge in [0.25, 0.3) is 0 Å². The van der Waals surface area contributed by atoms with Gasteiger partial charge in [-0.05, 0) is 74.4 Å². The summed E-state index contributed by atoms with van der Waals surface area (Å²) in [5, 5.41) is 2.96. The highest BCUT2D eigenvalue weighted by Crippen LogP contribution is 2.38. The maximum atomic E-state index is 12.4. The van der Waals surface area contributed by atoms with E-state index in [0.29, 0.717) is 30.1 Å². The number of hydrogen-bond donors (Lipinski definition) is 1. The van der Waals surface area contributed by atoms with Crippen molar-refractivity contribution < 1.29 is 19.0 Å². The summed E-state index contributed by atoms with van der Waals surface area (Å²) in [6.45, 7) is 4.15. The van der Waals surface area contributed by atoms with Gasteiger partial charge in [-0.1, -0.05) is 0 Å². The van der Waals surface area contributed by atoms with E-state index in [-0.39, 0.29) is 5.91 Å². The third kappa shape index (κ3) is 4.59. The summed E-state index contributed by atoms with van der Waals surface area (Å²) in [5.41, 5.74) is 5.14. The molecular weight excluding hydrogens is 380 g/mol. The normalized spacial score (nSPS) is 10.6. The number of carbonyl (C=O) groups excluding carboxylic acids is 1. The van der Waals surface area contributed by atoms with Gasteiger partial charge in [0.15, 0.2) is 11.5 Å². The van der Waals surface area contributed by atoms with Gasteiger partial charge in [0.2, 0.25) is 11.7 Å². The van der Waals surface area contributed by atoms with E-state index in [4.69, 9.17) is 14.2 Å². The van der Waals surface area contributed by atoms with E-state index < -0.39 is 0 Å². The summed E-state index contributed by atoms with van der Waals surface area (Å²) >= 11 is 0. The number of benzene rings is 2. The van der Waals surface area contributed by atoms with Crippen LogP contribution in [-0.4, -0.2) is 31.8 Å². The lowest BCUT2D eigenvalue weighted by atomic mass is 10.1. The maximum absolute atomic E-state index is 12.4. The lowest BCUT2D eigenvalue weighted by Gasteiger charge is -2.14. The minimum atomic E-state index is -0.0511. The van der Waals surface area contributed by atoms with Gasteiger partial charge in [-0.15, -0.1) is 0 Å². The summed E-state index contributed by atoms with van der Waals surface area (Å²) < 4.78 is 18.3. The molecule has 1 heterocycles. The molecule has 0 aliphatic rings. The Hall–Kier alpha value is -3.41. The monoisotopic (exact) mass is 408 g/mol. The Kier molecular flexibility index (Phi) is 6.67. The molecule has 0 spiro atoms. The highest BCUT2D eigenvalue weighted by atomic mass is 16.5. The van der Waals surface area contributed by atoms with Gasteiger partial charge in [-0.2, -0.15) is 0 Å². The summed E-state index contributed by atoms with van der Waals surface area (Å²) in [6.07, 6.45) is 0.901. The molecule has 6 heteroatoms. The minimum Gasteiger partial charge on any atom is -0.493 e. The molecule has 0 saturated carbocycles. The predicted molar refractivity (Wildman–Crippen MR) is 118 cm³/mol. The molecule has 3 aromatic rings. The number of aryl methyl sites for hydroxylation is 3. The van der Waals surface area contributed by atoms with Crippen molar-refractivity contribution in [2.45, 2.75) is 26.7 Å². The molecule has 0 radical (unpaired) electrons. The summed E-state index contributed by atoms with van der Waals surface area (Å²) in [7, 11) is 4.72. The molecule has 0 saturated heterocycles. The molecule has 1 N–H and O–H groups in total. The fourth-order valence-electron chi connectivity index (χ4n) is 3.53. The van der Waals surface area contributed by atoms with Crippen LogP contribution in [0.4, 0.5) is 5.69 Å². The van der Waals surface area contributed by atoms with Crippen LogP contribution < -0.4 is 19.5 Å². The van der Waals surface area contributed by atoms with E-state index in [0.717, 1.165) is 16.9 Å². The van der Waals surface area contributed by atoms with Crippen LogP contribution in [0, 0.1) is 13.8 Å². The lowest BCUT2D eigenvalue weighted by Crippen LogP contribution is -2.12. The molecular formula is C24H28N2O4. The van der Waals surface area contributed by atoms with Crippen molar-refractivity contribution in [1.82, 2.24) is 4.57 Å². The zero-order valence-electron chi connectivity index (χ0n) is 18.1. The van der Waals surface area contributed by atoms with Crippen molar-refractivity contribution in [3.63, 3.8) is 0 Å². The van der Waals surface area contributed by atoms with Crippen LogP contribution in [0.1, 0.15) is 23.4 Å². The molecule has 0 atom stereocenters. The van der Waals surface area contributed by atoms with Crippen LogP contribution >= 0.6 is 0 Å². The van der Waals surface area contributed by atoms with Crippen LogP contribution in [-0.2, 0) is 11.2 Å². The van der Waals surface area contributed by atoms with Crippen molar-refractivity contribution >= 4 is 11.6 Å². The average Bonchev–Trinajstić information content (AvgIpc) is 3.10. The first kappa shape index (κ1) is 21.3. The third-order valence-electron chi connectivity index (χ3n) is 5.05. The first-order valence-corrected chi connectivity index (χ1v) is 9.81. The van der Waals surface area contributed by atoms with E-state index in [9.17, 15) is 4.79 Å². The molecule has 158 valence electrons. The van der Waals surface area contributed by atoms with Crippen molar-refractivity contribution in [3.05, 3.63) is 65.5 Å². The minimum absolute atomic E-state index is 0.0511. The van der Waals surface area contributed by atoms with E-state index in [2.05, 4.69) is 35.9 Å². The Morgan fingerprint density at radius 1 is 0.867 bits per heavy atom. The molecule has 3 rings (SSSR count). The number of aromatic nitrogens is 1. The van der Waals surface area contributed by atoms with Crippen molar-refractivity contribution in [2.75, 3.05) is 26.6 Å². The topological polar surface area (TPSA) is 61.7 Å². The Balaban J connectivity index is 1.64. The first-order chi connectivity index (χ1) is 14.5. The molecule has 1 aromatic heterocycles. The van der Waals surface area contributed by atoms with Crippen LogP contribution in [0.3, 0.4) is 0 Å². The van der Waals surface area contributed by atoms with Gasteiger partial charge in [0.1, 0.15) is 0 Å². The average molecular weight is 408 g/mol. The fraction of sp³-hybridized carbons (Fsp3) is 0.292. The molecule has 0 bridgehead atoms. The second-order valence-electron chi connectivity index (χ2n) is 7.08. The fourth-order valence-corrected chi connectivity index (χ4v) is 3.53. The Bertz CT molecular complexity index is 978. The Labute approximate surface area is 177 Å². The number of ether oxygens (including phenoxy) is 3. The number of carbonyl (C=O) groups is 1. The summed E-state index contributed by atoms with van der Waals surface area (Å²) in [4.78, 5) is 12.4. The predicted octanol–water partition coefficient (Wildman–Crippen LogP) is 4.69. The van der Waals surface area contributed by atoms with Gasteiger partial charge < -0.3 is 24.1 Å². The number of anilines is 1. The second kappa shape index (κ2) is 9.39. The standard InChI is InChI=1S/C24H28N2O4/c1-16-6-7-17(2)26(16)20-11-9-19(10-12-20)25-23(27)13-8-18-14-21(28-3)24(30-5)22(15-18)29-4/h6-7,9-12,14-15H,8,13H2,1-5H3,(H,25,27). The molecule has 0 fully saturated rings. The molecule has 0 aliphatic heterocycles. The smallest absolute Gasteiger partial charge is 0.224 e. The molecule has 30 heavy (non-hydrogen) atoms. The van der Waals surface area contributed by atoms with E-state index in [1.807, 2.05) is 36.4 Å². The number of methoxy groups -OCH3 is 3. The number of rotatable bonds is 8. The number of nitrogens with zero attached hydrogens (tertiary/aromatic N) is 1. The number of amides is 1. The van der Waals surface area contributed by atoms with Crippen molar-refractivity contribution in [1.29, 1.82) is 0 Å². The van der Waals surface area contributed by atoms with E-state index in [1.165, 1.54) is 11.4 Å². The van der Waals surface area contributed by atoms with Gasteiger partial charge in [0.05, 0.1) is 21.3 Å². The van der Waals surface area contributed by atoms with Crippen LogP contribution in [0.2, 0.25) is 0 Å². The largest absolute Gasteiger partial charge is 0.493 e. The number of hydrogen-bond acceptors (Lipinski definition) is 4.